The second kappa shape index (κ2) is 6.55. The maximum Gasteiger partial charge on any atom is 0.264 e. The number of sulfonamides is 1. The third-order valence-electron chi connectivity index (χ3n) is 4.27. The number of Topliss-reactive ketones (excluding diaryl/α,β-unsaturated/α-hetero) is 1. The standard InChI is InChI=1S/C18H17F2NO3S/c1-12-6-8-14(9-7-12)25(23,24)21-11-13(10-17(19)20)18(22)15-4-2-3-5-16(15)21/h2-9,13,17H,10-11H2,1H3. The van der Waals surface area contributed by atoms with E-state index in [0.29, 0.717) is 0 Å². The molecule has 3 rings (SSSR count). The minimum absolute atomic E-state index is 0.0676. The van der Waals surface area contributed by atoms with Gasteiger partial charge in [0.15, 0.2) is 5.78 Å². The van der Waals surface area contributed by atoms with Crippen LogP contribution in [0.15, 0.2) is 53.4 Å². The van der Waals surface area contributed by atoms with Crippen LogP contribution in [0, 0.1) is 12.8 Å². The predicted molar refractivity (Wildman–Crippen MR) is 90.6 cm³/mol. The maximum atomic E-state index is 13.0. The summed E-state index contributed by atoms with van der Waals surface area (Å²) in [7, 11) is -3.95. The summed E-state index contributed by atoms with van der Waals surface area (Å²) in [6.07, 6.45) is -3.34. The van der Waals surface area contributed by atoms with Crippen LogP contribution >= 0.6 is 0 Å². The molecule has 0 saturated carbocycles. The molecule has 0 amide bonds. The Morgan fingerprint density at radius 3 is 2.40 bits per heavy atom. The Morgan fingerprint density at radius 2 is 1.76 bits per heavy atom. The number of rotatable bonds is 4. The van der Waals surface area contributed by atoms with Crippen molar-refractivity contribution in [1.29, 1.82) is 0 Å². The average Bonchev–Trinajstić information content (AvgIpc) is 2.57. The summed E-state index contributed by atoms with van der Waals surface area (Å²) >= 11 is 0. The first-order valence-electron chi connectivity index (χ1n) is 7.81. The number of halogens is 2. The van der Waals surface area contributed by atoms with Gasteiger partial charge in [0.2, 0.25) is 6.43 Å². The smallest absolute Gasteiger partial charge is 0.264 e. The fraction of sp³-hybridized carbons (Fsp3) is 0.278. The molecule has 0 radical (unpaired) electrons. The van der Waals surface area contributed by atoms with E-state index in [9.17, 15) is 22.0 Å². The number of alkyl halides is 2. The zero-order valence-electron chi connectivity index (χ0n) is 13.5. The van der Waals surface area contributed by atoms with E-state index in [-0.39, 0.29) is 22.7 Å². The number of ketones is 1. The topological polar surface area (TPSA) is 54.5 Å². The highest BCUT2D eigenvalue weighted by Gasteiger charge is 2.38. The van der Waals surface area contributed by atoms with Crippen LogP contribution in [0.5, 0.6) is 0 Å². The van der Waals surface area contributed by atoms with Crippen LogP contribution in [0.1, 0.15) is 22.3 Å². The number of para-hydroxylation sites is 1. The van der Waals surface area contributed by atoms with Gasteiger partial charge in [-0.05, 0) is 31.2 Å². The number of benzene rings is 2. The molecule has 1 atom stereocenters. The van der Waals surface area contributed by atoms with E-state index in [0.717, 1.165) is 9.87 Å². The Labute approximate surface area is 145 Å². The van der Waals surface area contributed by atoms with Crippen molar-refractivity contribution in [2.45, 2.75) is 24.7 Å². The van der Waals surface area contributed by atoms with E-state index in [4.69, 9.17) is 0 Å². The molecule has 132 valence electrons. The average molecular weight is 365 g/mol. The summed E-state index contributed by atoms with van der Waals surface area (Å²) in [6, 6.07) is 12.5. The number of anilines is 1. The van der Waals surface area contributed by atoms with Crippen molar-refractivity contribution >= 4 is 21.5 Å². The van der Waals surface area contributed by atoms with Gasteiger partial charge in [-0.3, -0.25) is 9.10 Å². The molecule has 0 aromatic heterocycles. The van der Waals surface area contributed by atoms with Crippen LogP contribution in [-0.2, 0) is 10.0 Å². The Balaban J connectivity index is 2.09. The van der Waals surface area contributed by atoms with Gasteiger partial charge in [0.05, 0.1) is 10.6 Å². The zero-order chi connectivity index (χ0) is 18.2. The normalized spacial score (nSPS) is 17.7. The van der Waals surface area contributed by atoms with Crippen LogP contribution in [0.25, 0.3) is 0 Å². The Morgan fingerprint density at radius 1 is 1.12 bits per heavy atom. The van der Waals surface area contributed by atoms with Gasteiger partial charge in [0.25, 0.3) is 10.0 Å². The molecule has 0 bridgehead atoms. The summed E-state index contributed by atoms with van der Waals surface area (Å²) in [5.41, 5.74) is 1.30. The highest BCUT2D eigenvalue weighted by atomic mass is 32.2. The Bertz CT molecular complexity index is 895. The predicted octanol–water partition coefficient (Wildman–Crippen LogP) is 3.66. The van der Waals surface area contributed by atoms with Gasteiger partial charge in [-0.15, -0.1) is 0 Å². The second-order valence-electron chi connectivity index (χ2n) is 6.05. The van der Waals surface area contributed by atoms with Gasteiger partial charge in [-0.1, -0.05) is 29.8 Å². The number of carbonyl (C=O) groups excluding carboxylic acids is 1. The van der Waals surface area contributed by atoms with Crippen LogP contribution in [-0.4, -0.2) is 27.2 Å². The van der Waals surface area contributed by atoms with Gasteiger partial charge < -0.3 is 0 Å². The summed E-state index contributed by atoms with van der Waals surface area (Å²) in [4.78, 5) is 12.5. The lowest BCUT2D eigenvalue weighted by atomic mass is 9.90. The number of nitrogens with zero attached hydrogens (tertiary/aromatic N) is 1. The molecule has 25 heavy (non-hydrogen) atoms. The molecule has 1 unspecified atom stereocenters. The lowest BCUT2D eigenvalue weighted by Crippen LogP contribution is -2.43. The van der Waals surface area contributed by atoms with Gasteiger partial charge in [-0.2, -0.15) is 0 Å². The molecule has 0 fully saturated rings. The summed E-state index contributed by atoms with van der Waals surface area (Å²) in [5, 5.41) is 0. The summed E-state index contributed by atoms with van der Waals surface area (Å²) in [5.74, 6) is -1.50. The van der Waals surface area contributed by atoms with E-state index >= 15 is 0 Å². The zero-order valence-corrected chi connectivity index (χ0v) is 14.3. The lowest BCUT2D eigenvalue weighted by Gasteiger charge is -2.34. The SMILES string of the molecule is Cc1ccc(S(=O)(=O)N2CC(CC(F)F)C(=O)c3ccccc32)cc1. The summed E-state index contributed by atoms with van der Waals surface area (Å²) in [6.45, 7) is 1.56. The number of aryl methyl sites for hydroxylation is 1. The van der Waals surface area contributed by atoms with Crippen molar-refractivity contribution in [3.63, 3.8) is 0 Å². The first-order chi connectivity index (χ1) is 11.8. The molecule has 0 spiro atoms. The second-order valence-corrected chi connectivity index (χ2v) is 7.92. The van der Waals surface area contributed by atoms with Crippen molar-refractivity contribution in [2.24, 2.45) is 5.92 Å². The third kappa shape index (κ3) is 3.28. The molecular formula is C18H17F2NO3S. The number of hydrogen-bond acceptors (Lipinski definition) is 3. The third-order valence-corrected chi connectivity index (χ3v) is 6.06. The molecular weight excluding hydrogens is 348 g/mol. The number of hydrogen-bond donors (Lipinski definition) is 0. The van der Waals surface area contributed by atoms with Gasteiger partial charge in [0.1, 0.15) is 0 Å². The first kappa shape index (κ1) is 17.5. The number of carbonyl (C=O) groups is 1. The van der Waals surface area contributed by atoms with E-state index in [2.05, 4.69) is 0 Å². The molecule has 0 aliphatic carbocycles. The van der Waals surface area contributed by atoms with E-state index < -0.39 is 34.6 Å². The minimum atomic E-state index is -3.95. The highest BCUT2D eigenvalue weighted by Crippen LogP contribution is 2.35. The molecule has 2 aromatic rings. The fourth-order valence-electron chi connectivity index (χ4n) is 2.96. The molecule has 0 saturated heterocycles. The molecule has 1 heterocycles. The molecule has 0 N–H and O–H groups in total. The van der Waals surface area contributed by atoms with Gasteiger partial charge in [0, 0.05) is 24.4 Å². The first-order valence-corrected chi connectivity index (χ1v) is 9.25. The molecule has 7 heteroatoms. The van der Waals surface area contributed by atoms with Gasteiger partial charge in [-0.25, -0.2) is 17.2 Å². The van der Waals surface area contributed by atoms with Crippen LogP contribution in [0.3, 0.4) is 0 Å². The quantitative estimate of drug-likeness (QED) is 0.831. The van der Waals surface area contributed by atoms with Crippen molar-refractivity contribution in [1.82, 2.24) is 0 Å². The molecule has 1 aliphatic rings. The van der Waals surface area contributed by atoms with E-state index in [1.165, 1.54) is 24.3 Å². The van der Waals surface area contributed by atoms with Crippen molar-refractivity contribution in [3.05, 3.63) is 59.7 Å². The van der Waals surface area contributed by atoms with Crippen LogP contribution in [0.4, 0.5) is 14.5 Å². The van der Waals surface area contributed by atoms with Crippen molar-refractivity contribution in [3.8, 4) is 0 Å². The van der Waals surface area contributed by atoms with E-state index in [1.54, 1.807) is 24.3 Å². The van der Waals surface area contributed by atoms with Gasteiger partial charge >= 0.3 is 0 Å². The van der Waals surface area contributed by atoms with E-state index in [1.807, 2.05) is 6.92 Å². The Hall–Kier alpha value is -2.28. The van der Waals surface area contributed by atoms with Crippen LogP contribution in [0.2, 0.25) is 0 Å². The largest absolute Gasteiger partial charge is 0.294 e. The molecule has 1 aliphatic heterocycles. The van der Waals surface area contributed by atoms with Crippen LogP contribution < -0.4 is 4.31 Å². The van der Waals surface area contributed by atoms with Crippen molar-refractivity contribution < 1.29 is 22.0 Å². The minimum Gasteiger partial charge on any atom is -0.294 e. The lowest BCUT2D eigenvalue weighted by molar-refractivity contribution is 0.0781. The monoisotopic (exact) mass is 365 g/mol. The fourth-order valence-corrected chi connectivity index (χ4v) is 4.49. The highest BCUT2D eigenvalue weighted by molar-refractivity contribution is 7.92. The maximum absolute atomic E-state index is 13.0. The molecule has 4 nitrogen and oxygen atoms in total. The molecule has 2 aromatic carbocycles. The number of fused-ring (bicyclic) bond motifs is 1. The van der Waals surface area contributed by atoms with Crippen molar-refractivity contribution in [2.75, 3.05) is 10.8 Å². The summed E-state index contributed by atoms with van der Waals surface area (Å²) < 4.78 is 52.8. The Kier molecular flexibility index (Phi) is 4.60.